The normalized spacial score (nSPS) is 23.1. The molecule has 1 fully saturated rings. The van der Waals surface area contributed by atoms with E-state index in [0.717, 1.165) is 32.0 Å². The average Bonchev–Trinajstić information content (AvgIpc) is 2.44. The van der Waals surface area contributed by atoms with Gasteiger partial charge >= 0.3 is 6.03 Å². The van der Waals surface area contributed by atoms with Crippen molar-refractivity contribution < 1.29 is 9.90 Å². The van der Waals surface area contributed by atoms with Gasteiger partial charge in [0, 0.05) is 26.2 Å². The lowest BCUT2D eigenvalue weighted by Gasteiger charge is -2.30. The number of nitrogens with one attached hydrogen (secondary N) is 2. The number of carbonyl (C=O) groups is 1. The van der Waals surface area contributed by atoms with Crippen LogP contribution in [0.4, 0.5) is 4.79 Å². The standard InChI is InChI=1S/C15H31N3O2/c1-4-13(3)14(19)10-17-15(20)16-7-9-18-8-5-6-12(2)11-18/h12-14,19H,4-11H2,1-3H3,(H2,16,17,20). The third-order valence-corrected chi connectivity index (χ3v) is 4.23. The van der Waals surface area contributed by atoms with Gasteiger partial charge in [-0.25, -0.2) is 4.79 Å². The van der Waals surface area contributed by atoms with E-state index >= 15 is 0 Å². The summed E-state index contributed by atoms with van der Waals surface area (Å²) in [5.74, 6) is 0.980. The molecule has 1 rings (SSSR count). The fraction of sp³-hybridized carbons (Fsp3) is 0.933. The smallest absolute Gasteiger partial charge is 0.314 e. The van der Waals surface area contributed by atoms with Crippen molar-refractivity contribution in [3.05, 3.63) is 0 Å². The number of piperidine rings is 1. The van der Waals surface area contributed by atoms with Crippen molar-refractivity contribution in [3.63, 3.8) is 0 Å². The highest BCUT2D eigenvalue weighted by atomic mass is 16.3. The SMILES string of the molecule is CCC(C)C(O)CNC(=O)NCCN1CCCC(C)C1. The monoisotopic (exact) mass is 285 g/mol. The summed E-state index contributed by atoms with van der Waals surface area (Å²) in [5.41, 5.74) is 0. The molecule has 118 valence electrons. The van der Waals surface area contributed by atoms with E-state index in [9.17, 15) is 9.90 Å². The van der Waals surface area contributed by atoms with E-state index in [4.69, 9.17) is 0 Å². The molecule has 0 radical (unpaired) electrons. The summed E-state index contributed by atoms with van der Waals surface area (Å²) in [6.07, 6.45) is 3.03. The molecule has 3 atom stereocenters. The highest BCUT2D eigenvalue weighted by Crippen LogP contribution is 2.14. The van der Waals surface area contributed by atoms with E-state index in [1.54, 1.807) is 0 Å². The minimum atomic E-state index is -0.464. The molecule has 0 aromatic carbocycles. The second-order valence-corrected chi connectivity index (χ2v) is 6.14. The highest BCUT2D eigenvalue weighted by Gasteiger charge is 2.16. The largest absolute Gasteiger partial charge is 0.391 e. The van der Waals surface area contributed by atoms with Crippen LogP contribution >= 0.6 is 0 Å². The first-order valence-corrected chi connectivity index (χ1v) is 7.95. The molecule has 1 saturated heterocycles. The number of aliphatic hydroxyl groups excluding tert-OH is 1. The van der Waals surface area contributed by atoms with E-state index in [2.05, 4.69) is 22.5 Å². The Morgan fingerprint density at radius 1 is 1.45 bits per heavy atom. The fourth-order valence-electron chi connectivity index (χ4n) is 2.55. The summed E-state index contributed by atoms with van der Waals surface area (Å²) in [6.45, 7) is 10.5. The van der Waals surface area contributed by atoms with Gasteiger partial charge in [-0.3, -0.25) is 0 Å². The van der Waals surface area contributed by atoms with E-state index in [0.29, 0.717) is 13.1 Å². The van der Waals surface area contributed by atoms with Crippen molar-refractivity contribution in [2.45, 2.75) is 46.1 Å². The van der Waals surface area contributed by atoms with Gasteiger partial charge in [0.2, 0.25) is 0 Å². The van der Waals surface area contributed by atoms with Gasteiger partial charge in [-0.15, -0.1) is 0 Å². The number of carbonyl (C=O) groups excluding carboxylic acids is 1. The van der Waals surface area contributed by atoms with Crippen molar-refractivity contribution in [3.8, 4) is 0 Å². The lowest BCUT2D eigenvalue weighted by atomic mass is 10.0. The van der Waals surface area contributed by atoms with E-state index in [1.807, 2.05) is 13.8 Å². The molecule has 2 amide bonds. The lowest BCUT2D eigenvalue weighted by Crippen LogP contribution is -2.45. The zero-order valence-electron chi connectivity index (χ0n) is 13.2. The first-order chi connectivity index (χ1) is 9.52. The summed E-state index contributed by atoms with van der Waals surface area (Å²) < 4.78 is 0. The quantitative estimate of drug-likeness (QED) is 0.663. The lowest BCUT2D eigenvalue weighted by molar-refractivity contribution is 0.114. The second-order valence-electron chi connectivity index (χ2n) is 6.14. The fourth-order valence-corrected chi connectivity index (χ4v) is 2.55. The summed E-state index contributed by atoms with van der Waals surface area (Å²) in [6, 6.07) is -0.183. The van der Waals surface area contributed by atoms with Crippen LogP contribution in [0.15, 0.2) is 0 Å². The Labute approximate surface area is 123 Å². The van der Waals surface area contributed by atoms with Crippen molar-refractivity contribution >= 4 is 6.03 Å². The molecule has 1 aliphatic heterocycles. The van der Waals surface area contributed by atoms with Crippen LogP contribution in [-0.4, -0.2) is 54.9 Å². The molecular weight excluding hydrogens is 254 g/mol. The third-order valence-electron chi connectivity index (χ3n) is 4.23. The molecule has 0 aromatic heterocycles. The third kappa shape index (κ3) is 6.57. The maximum absolute atomic E-state index is 11.6. The molecule has 0 bridgehead atoms. The van der Waals surface area contributed by atoms with E-state index in [1.165, 1.54) is 12.8 Å². The predicted molar refractivity (Wildman–Crippen MR) is 81.7 cm³/mol. The summed E-state index contributed by atoms with van der Waals surface area (Å²) in [7, 11) is 0. The van der Waals surface area contributed by atoms with Crippen LogP contribution < -0.4 is 10.6 Å². The Morgan fingerprint density at radius 2 is 2.20 bits per heavy atom. The van der Waals surface area contributed by atoms with E-state index in [-0.39, 0.29) is 11.9 Å². The number of urea groups is 1. The minimum Gasteiger partial charge on any atom is -0.391 e. The minimum absolute atomic E-state index is 0.183. The molecule has 20 heavy (non-hydrogen) atoms. The molecule has 0 saturated carbocycles. The first kappa shape index (κ1) is 17.2. The van der Waals surface area contributed by atoms with Gasteiger partial charge in [-0.05, 0) is 31.2 Å². The zero-order valence-corrected chi connectivity index (χ0v) is 13.2. The number of nitrogens with zero attached hydrogens (tertiary/aromatic N) is 1. The van der Waals surface area contributed by atoms with Crippen LogP contribution in [0.25, 0.3) is 0 Å². The predicted octanol–water partition coefficient (Wildman–Crippen LogP) is 1.42. The number of likely N-dealkylation sites (tertiary alicyclic amines) is 1. The van der Waals surface area contributed by atoms with Crippen molar-refractivity contribution in [2.75, 3.05) is 32.7 Å². The topological polar surface area (TPSA) is 64.6 Å². The molecule has 0 aliphatic carbocycles. The van der Waals surface area contributed by atoms with Gasteiger partial charge in [0.15, 0.2) is 0 Å². The van der Waals surface area contributed by atoms with Crippen LogP contribution in [0.5, 0.6) is 0 Å². The van der Waals surface area contributed by atoms with Crippen LogP contribution in [0.1, 0.15) is 40.0 Å². The molecule has 5 nitrogen and oxygen atoms in total. The zero-order chi connectivity index (χ0) is 15.0. The molecular formula is C15H31N3O2. The van der Waals surface area contributed by atoms with Crippen LogP contribution in [0.2, 0.25) is 0 Å². The van der Waals surface area contributed by atoms with Crippen molar-refractivity contribution in [1.29, 1.82) is 0 Å². The molecule has 0 spiro atoms. The van der Waals surface area contributed by atoms with Gasteiger partial charge in [0.1, 0.15) is 0 Å². The maximum atomic E-state index is 11.6. The number of hydrogen-bond donors (Lipinski definition) is 3. The summed E-state index contributed by atoms with van der Waals surface area (Å²) in [4.78, 5) is 14.0. The summed E-state index contributed by atoms with van der Waals surface area (Å²) in [5, 5.41) is 15.4. The average molecular weight is 285 g/mol. The van der Waals surface area contributed by atoms with Gasteiger partial charge < -0.3 is 20.6 Å². The Hall–Kier alpha value is -0.810. The number of amides is 2. The Bertz CT molecular complexity index is 286. The number of rotatable bonds is 7. The van der Waals surface area contributed by atoms with Crippen LogP contribution in [0.3, 0.4) is 0 Å². The molecule has 1 aliphatic rings. The van der Waals surface area contributed by atoms with Gasteiger partial charge in [0.25, 0.3) is 0 Å². The highest BCUT2D eigenvalue weighted by molar-refractivity contribution is 5.73. The van der Waals surface area contributed by atoms with Crippen molar-refractivity contribution in [1.82, 2.24) is 15.5 Å². The number of hydrogen-bond acceptors (Lipinski definition) is 3. The Balaban J connectivity index is 2.08. The van der Waals surface area contributed by atoms with E-state index < -0.39 is 6.10 Å². The number of aliphatic hydroxyl groups is 1. The molecule has 5 heteroatoms. The second kappa shape index (κ2) is 9.19. The van der Waals surface area contributed by atoms with Gasteiger partial charge in [0.05, 0.1) is 6.10 Å². The van der Waals surface area contributed by atoms with Crippen molar-refractivity contribution in [2.24, 2.45) is 11.8 Å². The molecule has 0 aromatic rings. The molecule has 1 heterocycles. The Morgan fingerprint density at radius 3 is 2.85 bits per heavy atom. The summed E-state index contributed by atoms with van der Waals surface area (Å²) >= 11 is 0. The van der Waals surface area contributed by atoms with Crippen LogP contribution in [-0.2, 0) is 0 Å². The molecule has 3 unspecified atom stereocenters. The maximum Gasteiger partial charge on any atom is 0.314 e. The Kier molecular flexibility index (Phi) is 7.92. The van der Waals surface area contributed by atoms with Gasteiger partial charge in [-0.1, -0.05) is 27.2 Å². The van der Waals surface area contributed by atoms with Crippen LogP contribution in [0, 0.1) is 11.8 Å². The first-order valence-electron chi connectivity index (χ1n) is 7.95. The molecule has 3 N–H and O–H groups in total. The van der Waals surface area contributed by atoms with Gasteiger partial charge in [-0.2, -0.15) is 0 Å².